The van der Waals surface area contributed by atoms with Gasteiger partial charge in [-0.3, -0.25) is 19.5 Å². The summed E-state index contributed by atoms with van der Waals surface area (Å²) in [5.41, 5.74) is 8.51. The van der Waals surface area contributed by atoms with Crippen molar-refractivity contribution in [3.05, 3.63) is 107 Å². The molecule has 0 spiro atoms. The second-order valence-electron chi connectivity index (χ2n) is 9.07. The Morgan fingerprint density at radius 2 is 1.97 bits per heavy atom. The Morgan fingerprint density at radius 1 is 1.19 bits per heavy atom. The van der Waals surface area contributed by atoms with Gasteiger partial charge in [-0.25, -0.2) is 5.01 Å². The van der Waals surface area contributed by atoms with Crippen molar-refractivity contribution in [2.45, 2.75) is 32.7 Å². The minimum Gasteiger partial charge on any atom is -0.483 e. The zero-order valence-corrected chi connectivity index (χ0v) is 21.7. The molecule has 4 rings (SSSR count). The van der Waals surface area contributed by atoms with E-state index < -0.39 is 0 Å². The molecular formula is C31H37N3O3. The van der Waals surface area contributed by atoms with Gasteiger partial charge in [0.15, 0.2) is 0 Å². The van der Waals surface area contributed by atoms with Crippen molar-refractivity contribution >= 4 is 18.0 Å². The molecule has 6 heteroatoms. The van der Waals surface area contributed by atoms with Crippen LogP contribution in [0.2, 0.25) is 0 Å². The highest BCUT2D eigenvalue weighted by Gasteiger charge is 2.33. The topological polar surface area (TPSA) is 64.1 Å². The van der Waals surface area contributed by atoms with E-state index in [1.807, 2.05) is 41.4 Å². The Hall–Kier alpha value is -3.70. The van der Waals surface area contributed by atoms with Crippen molar-refractivity contribution in [2.75, 3.05) is 32.7 Å². The number of hydrazine groups is 1. The zero-order chi connectivity index (χ0) is 26.5. The number of benzene rings is 1. The maximum Gasteiger partial charge on any atom is 0.290 e. The maximum absolute atomic E-state index is 13.1. The molecule has 1 aromatic rings. The Balaban J connectivity index is 0.00000121. The fourth-order valence-corrected chi connectivity index (χ4v) is 4.58. The first-order valence-corrected chi connectivity index (χ1v) is 12.9. The Bertz CT molecular complexity index is 1140. The molecule has 6 nitrogen and oxygen atoms in total. The largest absolute Gasteiger partial charge is 0.483 e. The molecule has 0 unspecified atom stereocenters. The van der Waals surface area contributed by atoms with Crippen LogP contribution in [0.5, 0.6) is 0 Å². The van der Waals surface area contributed by atoms with E-state index in [-0.39, 0.29) is 12.4 Å². The molecule has 1 saturated heterocycles. The van der Waals surface area contributed by atoms with Crippen LogP contribution in [0.4, 0.5) is 0 Å². The summed E-state index contributed by atoms with van der Waals surface area (Å²) in [5.74, 6) is 0.115. The third kappa shape index (κ3) is 7.89. The molecule has 0 atom stereocenters. The van der Waals surface area contributed by atoms with Gasteiger partial charge >= 0.3 is 0 Å². The number of piperazine rings is 1. The van der Waals surface area contributed by atoms with Crippen LogP contribution in [0.25, 0.3) is 5.57 Å². The third-order valence-corrected chi connectivity index (χ3v) is 6.57. The van der Waals surface area contributed by atoms with Crippen molar-refractivity contribution in [1.29, 1.82) is 0 Å². The summed E-state index contributed by atoms with van der Waals surface area (Å²) >= 11 is 0. The first-order chi connectivity index (χ1) is 18.1. The molecular weight excluding hydrogens is 462 g/mol. The van der Waals surface area contributed by atoms with Crippen LogP contribution in [0.1, 0.15) is 47.7 Å². The summed E-state index contributed by atoms with van der Waals surface area (Å²) in [4.78, 5) is 24.0. The van der Waals surface area contributed by atoms with E-state index in [0.717, 1.165) is 61.4 Å². The number of hydrogen-bond donors (Lipinski definition) is 1. The standard InChI is InChI=1S/C30H35N3O.CH2O2/c1-3-5-6-7-12-15-26(4-2)27-16-17-29-28(22-27)24-33(30(29)34)32-20-18-31(19-21-32)23-25-13-10-8-9-11-14-25;2-1-3/h4,7-8,10-17,22H,2-3,5-6,18-21,23-24H2,1H3;1H,(H,2,3)/b12-7-,26-15+;. The van der Waals surface area contributed by atoms with E-state index in [4.69, 9.17) is 9.90 Å². The maximum atomic E-state index is 13.1. The van der Waals surface area contributed by atoms with Crippen LogP contribution in [0, 0.1) is 0 Å². The lowest BCUT2D eigenvalue weighted by Gasteiger charge is -2.39. The molecule has 0 aromatic heterocycles. The molecule has 1 N–H and O–H groups in total. The molecule has 1 aromatic carbocycles. The first kappa shape index (κ1) is 27.9. The number of amides is 1. The van der Waals surface area contributed by atoms with Gasteiger partial charge in [-0.1, -0.05) is 68.9 Å². The molecule has 1 fully saturated rings. The highest BCUT2D eigenvalue weighted by Crippen LogP contribution is 2.28. The Morgan fingerprint density at radius 3 is 2.70 bits per heavy atom. The number of hydrogen-bond acceptors (Lipinski definition) is 4. The lowest BCUT2D eigenvalue weighted by Crippen LogP contribution is -2.53. The summed E-state index contributed by atoms with van der Waals surface area (Å²) in [6.07, 6.45) is 22.1. The number of nitrogens with zero attached hydrogens (tertiary/aromatic N) is 3. The first-order valence-electron chi connectivity index (χ1n) is 12.9. The summed E-state index contributed by atoms with van der Waals surface area (Å²) in [7, 11) is 0. The molecule has 194 valence electrons. The fourth-order valence-electron chi connectivity index (χ4n) is 4.58. The second-order valence-corrected chi connectivity index (χ2v) is 9.07. The van der Waals surface area contributed by atoms with E-state index >= 15 is 0 Å². The Labute approximate surface area is 220 Å². The quantitative estimate of drug-likeness (QED) is 0.213. The molecule has 0 radical (unpaired) electrons. The van der Waals surface area contributed by atoms with Gasteiger partial charge in [-0.05, 0) is 59.1 Å². The molecule has 2 heterocycles. The smallest absolute Gasteiger partial charge is 0.290 e. The molecule has 0 bridgehead atoms. The number of carbonyl (C=O) groups excluding carboxylic acids is 1. The van der Waals surface area contributed by atoms with Crippen LogP contribution >= 0.6 is 0 Å². The molecule has 3 aliphatic rings. The van der Waals surface area contributed by atoms with Gasteiger partial charge in [0.1, 0.15) is 0 Å². The predicted molar refractivity (Wildman–Crippen MR) is 150 cm³/mol. The minimum atomic E-state index is -0.250. The van der Waals surface area contributed by atoms with Crippen molar-refractivity contribution in [2.24, 2.45) is 0 Å². The normalized spacial score (nSPS) is 17.9. The Kier molecular flexibility index (Phi) is 11.1. The summed E-state index contributed by atoms with van der Waals surface area (Å²) in [5, 5.41) is 11.0. The van der Waals surface area contributed by atoms with Gasteiger partial charge < -0.3 is 5.11 Å². The van der Waals surface area contributed by atoms with Crippen molar-refractivity contribution in [3.8, 4) is 0 Å². The highest BCUT2D eigenvalue weighted by atomic mass is 16.3. The number of carbonyl (C=O) groups is 2. The van der Waals surface area contributed by atoms with Crippen LogP contribution in [-0.2, 0) is 11.3 Å². The minimum absolute atomic E-state index is 0.115. The van der Waals surface area contributed by atoms with Gasteiger partial charge in [0.05, 0.1) is 6.54 Å². The molecule has 37 heavy (non-hydrogen) atoms. The van der Waals surface area contributed by atoms with E-state index in [0.29, 0.717) is 6.54 Å². The predicted octanol–water partition coefficient (Wildman–Crippen LogP) is 5.40. The summed E-state index contributed by atoms with van der Waals surface area (Å²) in [6.45, 7) is 11.1. The summed E-state index contributed by atoms with van der Waals surface area (Å²) in [6, 6.07) is 6.18. The van der Waals surface area contributed by atoms with Crippen LogP contribution in [0.3, 0.4) is 0 Å². The van der Waals surface area contributed by atoms with E-state index in [1.54, 1.807) is 0 Å². The average Bonchev–Trinajstić information content (AvgIpc) is 3.05. The van der Waals surface area contributed by atoms with Gasteiger partial charge in [-0.15, -0.1) is 5.73 Å². The zero-order valence-electron chi connectivity index (χ0n) is 21.7. The average molecular weight is 500 g/mol. The molecule has 0 saturated carbocycles. The van der Waals surface area contributed by atoms with E-state index in [9.17, 15) is 4.79 Å². The van der Waals surface area contributed by atoms with Crippen molar-refractivity contribution < 1.29 is 14.7 Å². The third-order valence-electron chi connectivity index (χ3n) is 6.57. The van der Waals surface area contributed by atoms with Gasteiger partial charge in [0, 0.05) is 38.3 Å². The number of carboxylic acid groups (broad SMARTS) is 1. The van der Waals surface area contributed by atoms with Crippen molar-refractivity contribution in [3.63, 3.8) is 0 Å². The van der Waals surface area contributed by atoms with Crippen LogP contribution in [-0.4, -0.2) is 65.1 Å². The highest BCUT2D eigenvalue weighted by molar-refractivity contribution is 5.98. The van der Waals surface area contributed by atoms with Crippen LogP contribution < -0.4 is 0 Å². The fraction of sp³-hybridized carbons (Fsp3) is 0.323. The number of fused-ring (bicyclic) bond motifs is 1. The van der Waals surface area contributed by atoms with Gasteiger partial charge in [0.25, 0.3) is 12.4 Å². The summed E-state index contributed by atoms with van der Waals surface area (Å²) < 4.78 is 0. The molecule has 1 aliphatic carbocycles. The number of allylic oxidation sites excluding steroid dienone is 8. The van der Waals surface area contributed by atoms with Crippen molar-refractivity contribution in [1.82, 2.24) is 14.9 Å². The van der Waals surface area contributed by atoms with Gasteiger partial charge in [-0.2, -0.15) is 0 Å². The lowest BCUT2D eigenvalue weighted by atomic mass is 10.00. The van der Waals surface area contributed by atoms with Crippen LogP contribution in [0.15, 0.2) is 90.8 Å². The monoisotopic (exact) mass is 499 g/mol. The SMILES string of the molecule is C=C/C(=C\C=C/CCCC)c1ccc2c(c1)CN(N1CCN(CC3=CC=C=CC=C3)CC1)C2=O.O=CO. The van der Waals surface area contributed by atoms with E-state index in [2.05, 4.69) is 65.6 Å². The number of unbranched alkanes of at least 4 members (excludes halogenated alkanes) is 2. The molecule has 1 amide bonds. The lowest BCUT2D eigenvalue weighted by molar-refractivity contribution is -0.122. The number of rotatable bonds is 9. The van der Waals surface area contributed by atoms with Gasteiger partial charge in [0.2, 0.25) is 0 Å². The molecule has 2 aliphatic heterocycles. The second kappa shape index (κ2) is 14.8. The van der Waals surface area contributed by atoms with E-state index in [1.165, 1.54) is 18.4 Å².